The van der Waals surface area contributed by atoms with Crippen LogP contribution in [0.5, 0.6) is 0 Å². The Morgan fingerprint density at radius 2 is 0.923 bits per heavy atom. The topological polar surface area (TPSA) is 66.8 Å². The zero-order chi connectivity index (χ0) is 27.5. The predicted molar refractivity (Wildman–Crippen MR) is 157 cm³/mol. The number of carbonyl (C=O) groups is 1. The highest BCUT2D eigenvalue weighted by molar-refractivity contribution is 5.66. The van der Waals surface area contributed by atoms with Crippen LogP contribution in [0, 0.1) is 0 Å². The zero-order valence-corrected chi connectivity index (χ0v) is 23.2. The van der Waals surface area contributed by atoms with Gasteiger partial charge in [-0.1, -0.05) is 104 Å². The van der Waals surface area contributed by atoms with Crippen LogP contribution < -0.4 is 0 Å². The number of ether oxygens (including phenoxy) is 1. The molecule has 3 aliphatic rings. The molecule has 4 nitrogen and oxygen atoms in total. The van der Waals surface area contributed by atoms with Crippen molar-refractivity contribution >= 4 is 5.97 Å². The first-order valence-electron chi connectivity index (χ1n) is 14.7. The Labute approximate surface area is 234 Å². The van der Waals surface area contributed by atoms with Crippen LogP contribution >= 0.6 is 0 Å². The van der Waals surface area contributed by atoms with Gasteiger partial charge in [-0.3, -0.25) is 4.79 Å². The first-order chi connectivity index (χ1) is 19.0. The molecule has 6 rings (SSSR count). The van der Waals surface area contributed by atoms with Crippen LogP contribution in [-0.2, 0) is 9.53 Å². The first-order valence-corrected chi connectivity index (χ1v) is 14.7. The number of carbonyl (C=O) groups excluding carboxylic acids is 1. The summed E-state index contributed by atoms with van der Waals surface area (Å²) in [5.74, 6) is 1.02. The third-order valence-corrected chi connectivity index (χ3v) is 8.41. The number of benzene rings is 3. The minimum atomic E-state index is -0.164. The molecule has 3 aromatic carbocycles. The highest BCUT2D eigenvalue weighted by atomic mass is 16.5. The second-order valence-corrected chi connectivity index (χ2v) is 11.1. The van der Waals surface area contributed by atoms with E-state index in [0.29, 0.717) is 17.8 Å². The fourth-order valence-electron chi connectivity index (χ4n) is 6.42. The fourth-order valence-corrected chi connectivity index (χ4v) is 6.42. The van der Waals surface area contributed by atoms with E-state index in [1.54, 1.807) is 0 Å². The lowest BCUT2D eigenvalue weighted by atomic mass is 9.96. The quantitative estimate of drug-likeness (QED) is 0.344. The van der Waals surface area contributed by atoms with Crippen molar-refractivity contribution in [3.63, 3.8) is 0 Å². The van der Waals surface area contributed by atoms with Gasteiger partial charge in [0.05, 0.1) is 12.2 Å². The minimum Gasteiger partial charge on any atom is -0.462 e. The summed E-state index contributed by atoms with van der Waals surface area (Å²) < 4.78 is 5.34. The smallest absolute Gasteiger partial charge is 0.302 e. The average molecular weight is 529 g/mol. The van der Waals surface area contributed by atoms with Gasteiger partial charge >= 0.3 is 5.97 Å². The maximum absolute atomic E-state index is 11.0. The van der Waals surface area contributed by atoms with Gasteiger partial charge in [-0.05, 0) is 61.6 Å². The Bertz CT molecular complexity index is 1050. The maximum atomic E-state index is 11.0. The van der Waals surface area contributed by atoms with Crippen LogP contribution in [0.2, 0.25) is 0 Å². The van der Waals surface area contributed by atoms with Gasteiger partial charge < -0.3 is 14.9 Å². The number of hydrogen-bond acceptors (Lipinski definition) is 4. The first kappa shape index (κ1) is 29.0. The molecule has 3 fully saturated rings. The second-order valence-electron chi connectivity index (χ2n) is 11.1. The molecule has 6 atom stereocenters. The molecular formula is C35H44O4. The van der Waals surface area contributed by atoms with E-state index in [2.05, 4.69) is 36.4 Å². The van der Waals surface area contributed by atoms with Crippen molar-refractivity contribution < 1.29 is 19.7 Å². The van der Waals surface area contributed by atoms with Gasteiger partial charge in [-0.2, -0.15) is 0 Å². The van der Waals surface area contributed by atoms with E-state index in [-0.39, 0.29) is 24.3 Å². The Morgan fingerprint density at radius 1 is 0.564 bits per heavy atom. The van der Waals surface area contributed by atoms with Crippen molar-refractivity contribution in [1.29, 1.82) is 0 Å². The number of aliphatic hydroxyl groups is 2. The Hall–Kier alpha value is -2.95. The van der Waals surface area contributed by atoms with Crippen molar-refractivity contribution in [2.24, 2.45) is 0 Å². The normalized spacial score (nSPS) is 27.6. The van der Waals surface area contributed by atoms with E-state index in [4.69, 9.17) is 4.74 Å². The standard InChI is InChI=1S/C13H16O2.2C11H14O/c1-10(14)15-13-9-5-8-12(13)11-6-3-2-4-7-11;2*12-11-8-4-7-10(11)9-5-2-1-3-6-9/h2-4,6-7,12-13H,5,8-9H2,1H3;2*1-3,5-6,10-12H,4,7-8H2/t12-,13+;2*10-,11+/m011/s1. The molecule has 0 unspecified atom stereocenters. The molecule has 0 saturated heterocycles. The molecule has 0 heterocycles. The Balaban J connectivity index is 0.000000137. The predicted octanol–water partition coefficient (Wildman–Crippen LogP) is 7.52. The average Bonchev–Trinajstić information content (AvgIpc) is 3.72. The summed E-state index contributed by atoms with van der Waals surface area (Å²) in [7, 11) is 0. The molecule has 0 spiro atoms. The van der Waals surface area contributed by atoms with Crippen LogP contribution in [0.25, 0.3) is 0 Å². The minimum absolute atomic E-state index is 0.0879. The van der Waals surface area contributed by atoms with Crippen molar-refractivity contribution in [1.82, 2.24) is 0 Å². The second kappa shape index (κ2) is 15.0. The molecule has 0 radical (unpaired) electrons. The Kier molecular flexibility index (Phi) is 11.2. The lowest BCUT2D eigenvalue weighted by Crippen LogP contribution is -2.19. The van der Waals surface area contributed by atoms with E-state index in [1.165, 1.54) is 36.5 Å². The summed E-state index contributed by atoms with van der Waals surface area (Å²) in [6, 6.07) is 31.0. The summed E-state index contributed by atoms with van der Waals surface area (Å²) in [5.41, 5.74) is 3.88. The zero-order valence-electron chi connectivity index (χ0n) is 23.2. The molecular weight excluding hydrogens is 484 g/mol. The van der Waals surface area contributed by atoms with Crippen molar-refractivity contribution in [3.05, 3.63) is 108 Å². The molecule has 39 heavy (non-hydrogen) atoms. The van der Waals surface area contributed by atoms with Crippen LogP contribution in [0.3, 0.4) is 0 Å². The summed E-state index contributed by atoms with van der Waals surface area (Å²) >= 11 is 0. The third-order valence-electron chi connectivity index (χ3n) is 8.41. The molecule has 0 bridgehead atoms. The molecule has 3 aromatic rings. The molecule has 4 heteroatoms. The number of aliphatic hydroxyl groups excluding tert-OH is 2. The van der Waals surface area contributed by atoms with Gasteiger partial charge in [0.2, 0.25) is 0 Å². The van der Waals surface area contributed by atoms with Crippen LogP contribution in [0.15, 0.2) is 91.0 Å². The summed E-state index contributed by atoms with van der Waals surface area (Å²) in [4.78, 5) is 11.0. The summed E-state index contributed by atoms with van der Waals surface area (Å²) in [6.07, 6.45) is 9.72. The molecule has 0 amide bonds. The molecule has 2 N–H and O–H groups in total. The van der Waals surface area contributed by atoms with Gasteiger partial charge in [-0.25, -0.2) is 0 Å². The highest BCUT2D eigenvalue weighted by Crippen LogP contribution is 2.37. The summed E-state index contributed by atoms with van der Waals surface area (Å²) in [5, 5.41) is 19.3. The van der Waals surface area contributed by atoms with Crippen LogP contribution in [-0.4, -0.2) is 34.5 Å². The largest absolute Gasteiger partial charge is 0.462 e. The molecule has 3 saturated carbocycles. The van der Waals surface area contributed by atoms with Crippen molar-refractivity contribution in [2.75, 3.05) is 0 Å². The Morgan fingerprint density at radius 3 is 1.28 bits per heavy atom. The van der Waals surface area contributed by atoms with Crippen LogP contribution in [0.4, 0.5) is 0 Å². The van der Waals surface area contributed by atoms with Gasteiger partial charge in [0.1, 0.15) is 6.10 Å². The monoisotopic (exact) mass is 528 g/mol. The van der Waals surface area contributed by atoms with Crippen molar-refractivity contribution in [2.45, 2.75) is 101 Å². The van der Waals surface area contributed by atoms with E-state index >= 15 is 0 Å². The van der Waals surface area contributed by atoms with Crippen LogP contribution in [0.1, 0.15) is 99.2 Å². The highest BCUT2D eigenvalue weighted by Gasteiger charge is 2.31. The van der Waals surface area contributed by atoms with Gasteiger partial charge in [0.25, 0.3) is 0 Å². The van der Waals surface area contributed by atoms with Crippen molar-refractivity contribution in [3.8, 4) is 0 Å². The molecule has 208 valence electrons. The van der Waals surface area contributed by atoms with E-state index in [0.717, 1.165) is 44.9 Å². The molecule has 0 aliphatic heterocycles. The number of esters is 1. The van der Waals surface area contributed by atoms with Gasteiger partial charge in [0.15, 0.2) is 0 Å². The van der Waals surface area contributed by atoms with Gasteiger partial charge in [-0.15, -0.1) is 0 Å². The van der Waals surface area contributed by atoms with E-state index in [9.17, 15) is 15.0 Å². The lowest BCUT2D eigenvalue weighted by molar-refractivity contribution is -0.146. The maximum Gasteiger partial charge on any atom is 0.302 e. The number of hydrogen-bond donors (Lipinski definition) is 2. The molecule has 3 aliphatic carbocycles. The third kappa shape index (κ3) is 8.52. The lowest BCUT2D eigenvalue weighted by Gasteiger charge is -2.19. The molecule has 0 aromatic heterocycles. The summed E-state index contributed by atoms with van der Waals surface area (Å²) in [6.45, 7) is 1.49. The van der Waals surface area contributed by atoms with Gasteiger partial charge in [0, 0.05) is 24.7 Å². The van der Waals surface area contributed by atoms with E-state index < -0.39 is 0 Å². The number of rotatable bonds is 4. The van der Waals surface area contributed by atoms with E-state index in [1.807, 2.05) is 54.6 Å². The fraction of sp³-hybridized carbons (Fsp3) is 0.457. The SMILES string of the molecule is CC(=O)O[C@@H]1CCC[C@H]1c1ccccc1.O[C@H]1CCC[C@@H]1c1ccccc1.O[C@H]1CCC[C@@H]1c1ccccc1.